The predicted molar refractivity (Wildman–Crippen MR) is 56.2 cm³/mol. The van der Waals surface area contributed by atoms with Crippen LogP contribution in [-0.4, -0.2) is 41.9 Å². The van der Waals surface area contributed by atoms with Gasteiger partial charge in [-0.3, -0.25) is 4.90 Å². The predicted octanol–water partition coefficient (Wildman–Crippen LogP) is 2.57. The molecule has 1 saturated carbocycles. The topological polar surface area (TPSA) is 23.5 Å². The largest absolute Gasteiger partial charge is 0.395 e. The Morgan fingerprint density at radius 2 is 1.75 bits per heavy atom. The van der Waals surface area contributed by atoms with Gasteiger partial charge in [0.05, 0.1) is 6.61 Å². The third-order valence-electron chi connectivity index (χ3n) is 3.13. The van der Waals surface area contributed by atoms with Crippen LogP contribution in [0, 0.1) is 0 Å². The van der Waals surface area contributed by atoms with Gasteiger partial charge >= 0.3 is 6.18 Å². The van der Waals surface area contributed by atoms with Gasteiger partial charge in [0.1, 0.15) is 0 Å². The molecule has 0 aromatic heterocycles. The molecule has 0 heterocycles. The molecule has 1 aliphatic rings. The number of alkyl halides is 3. The molecule has 1 rings (SSSR count). The van der Waals surface area contributed by atoms with E-state index in [0.29, 0.717) is 19.1 Å². The third-order valence-corrected chi connectivity index (χ3v) is 3.13. The van der Waals surface area contributed by atoms with E-state index in [1.807, 2.05) is 4.90 Å². The second-order valence-corrected chi connectivity index (χ2v) is 4.42. The molecule has 16 heavy (non-hydrogen) atoms. The molecule has 0 bridgehead atoms. The summed E-state index contributed by atoms with van der Waals surface area (Å²) in [4.78, 5) is 2.01. The fourth-order valence-electron chi connectivity index (χ4n) is 2.36. The van der Waals surface area contributed by atoms with E-state index in [-0.39, 0.29) is 13.0 Å². The van der Waals surface area contributed by atoms with Crippen molar-refractivity contribution in [2.75, 3.05) is 19.7 Å². The summed E-state index contributed by atoms with van der Waals surface area (Å²) in [5.74, 6) is 0. The first-order valence-corrected chi connectivity index (χ1v) is 5.94. The lowest BCUT2D eigenvalue weighted by molar-refractivity contribution is -0.136. The van der Waals surface area contributed by atoms with Crippen molar-refractivity contribution in [3.05, 3.63) is 0 Å². The number of rotatable bonds is 6. The van der Waals surface area contributed by atoms with Crippen LogP contribution in [-0.2, 0) is 0 Å². The molecule has 1 N–H and O–H groups in total. The van der Waals surface area contributed by atoms with Gasteiger partial charge in [0.2, 0.25) is 0 Å². The second kappa shape index (κ2) is 6.45. The van der Waals surface area contributed by atoms with Crippen LogP contribution in [0.4, 0.5) is 13.2 Å². The van der Waals surface area contributed by atoms with E-state index in [0.717, 1.165) is 25.7 Å². The maximum Gasteiger partial charge on any atom is 0.389 e. The van der Waals surface area contributed by atoms with E-state index in [4.69, 9.17) is 5.11 Å². The van der Waals surface area contributed by atoms with Crippen LogP contribution in [0.2, 0.25) is 0 Å². The molecule has 0 aromatic carbocycles. The van der Waals surface area contributed by atoms with Gasteiger partial charge in [0, 0.05) is 19.0 Å². The van der Waals surface area contributed by atoms with E-state index in [1.54, 1.807) is 0 Å². The van der Waals surface area contributed by atoms with E-state index in [1.165, 1.54) is 0 Å². The Kier molecular flexibility index (Phi) is 5.55. The van der Waals surface area contributed by atoms with Crippen molar-refractivity contribution in [3.63, 3.8) is 0 Å². The van der Waals surface area contributed by atoms with Crippen molar-refractivity contribution in [3.8, 4) is 0 Å². The van der Waals surface area contributed by atoms with Crippen LogP contribution in [0.1, 0.15) is 38.5 Å². The number of hydrogen-bond donors (Lipinski definition) is 1. The van der Waals surface area contributed by atoms with Crippen LogP contribution >= 0.6 is 0 Å². The minimum atomic E-state index is -4.05. The number of nitrogens with zero attached hydrogens (tertiary/aromatic N) is 1. The summed E-state index contributed by atoms with van der Waals surface area (Å²) in [6.07, 6.45) is -0.196. The number of halogens is 3. The van der Waals surface area contributed by atoms with Gasteiger partial charge in [-0.2, -0.15) is 13.2 Å². The molecule has 1 aliphatic carbocycles. The molecule has 0 spiro atoms. The van der Waals surface area contributed by atoms with Crippen LogP contribution in [0.5, 0.6) is 0 Å². The minimum Gasteiger partial charge on any atom is -0.395 e. The Labute approximate surface area is 94.4 Å². The van der Waals surface area contributed by atoms with Crippen LogP contribution in [0.25, 0.3) is 0 Å². The van der Waals surface area contributed by atoms with Crippen LogP contribution < -0.4 is 0 Å². The maximum atomic E-state index is 12.0. The molecule has 5 heteroatoms. The molecule has 0 radical (unpaired) electrons. The van der Waals surface area contributed by atoms with Gasteiger partial charge in [-0.05, 0) is 25.8 Å². The van der Waals surface area contributed by atoms with Crippen molar-refractivity contribution in [2.45, 2.75) is 50.7 Å². The summed E-state index contributed by atoms with van der Waals surface area (Å²) < 4.78 is 36.0. The highest BCUT2D eigenvalue weighted by atomic mass is 19.4. The Hall–Kier alpha value is -0.290. The fourth-order valence-corrected chi connectivity index (χ4v) is 2.36. The first-order chi connectivity index (χ1) is 7.53. The third kappa shape index (κ3) is 5.16. The zero-order valence-corrected chi connectivity index (χ0v) is 9.47. The monoisotopic (exact) mass is 239 g/mol. The standard InChI is InChI=1S/C11H20F3NO/c12-11(13,14)6-3-7-15(8-9-16)10-4-1-2-5-10/h10,16H,1-9H2. The summed E-state index contributed by atoms with van der Waals surface area (Å²) in [5, 5.41) is 8.89. The van der Waals surface area contributed by atoms with E-state index < -0.39 is 12.6 Å². The quantitative estimate of drug-likeness (QED) is 0.770. The lowest BCUT2D eigenvalue weighted by atomic mass is 10.2. The molecule has 0 aromatic rings. The SMILES string of the molecule is OCCN(CCCC(F)(F)F)C1CCCC1. The first kappa shape index (κ1) is 13.8. The molecule has 0 atom stereocenters. The zero-order chi connectivity index (χ0) is 12.0. The van der Waals surface area contributed by atoms with Crippen molar-refractivity contribution in [1.29, 1.82) is 0 Å². The number of hydrogen-bond acceptors (Lipinski definition) is 2. The average molecular weight is 239 g/mol. The van der Waals surface area contributed by atoms with Gasteiger partial charge in [-0.1, -0.05) is 12.8 Å². The molecule has 0 unspecified atom stereocenters. The molecule has 0 amide bonds. The lowest BCUT2D eigenvalue weighted by Crippen LogP contribution is -2.36. The zero-order valence-electron chi connectivity index (χ0n) is 9.47. The van der Waals surface area contributed by atoms with Gasteiger partial charge in [-0.15, -0.1) is 0 Å². The summed E-state index contributed by atoms with van der Waals surface area (Å²) in [6, 6.07) is 0.389. The van der Waals surface area contributed by atoms with Gasteiger partial charge < -0.3 is 5.11 Å². The van der Waals surface area contributed by atoms with Gasteiger partial charge in [-0.25, -0.2) is 0 Å². The molecule has 2 nitrogen and oxygen atoms in total. The Balaban J connectivity index is 2.27. The average Bonchev–Trinajstić information content (AvgIpc) is 2.67. The number of aliphatic hydroxyl groups is 1. The summed E-state index contributed by atoms with van der Waals surface area (Å²) in [5.41, 5.74) is 0. The summed E-state index contributed by atoms with van der Waals surface area (Å²) >= 11 is 0. The molecule has 0 aliphatic heterocycles. The Morgan fingerprint density at radius 1 is 1.12 bits per heavy atom. The van der Waals surface area contributed by atoms with E-state index in [9.17, 15) is 13.2 Å². The highest BCUT2D eigenvalue weighted by Crippen LogP contribution is 2.25. The fraction of sp³-hybridized carbons (Fsp3) is 1.00. The molecular formula is C11H20F3NO. The van der Waals surface area contributed by atoms with Gasteiger partial charge in [0.15, 0.2) is 0 Å². The van der Waals surface area contributed by atoms with Crippen molar-refractivity contribution in [2.24, 2.45) is 0 Å². The summed E-state index contributed by atoms with van der Waals surface area (Å²) in [6.45, 7) is 0.982. The van der Waals surface area contributed by atoms with E-state index in [2.05, 4.69) is 0 Å². The van der Waals surface area contributed by atoms with E-state index >= 15 is 0 Å². The molecule has 1 fully saturated rings. The Morgan fingerprint density at radius 3 is 2.25 bits per heavy atom. The first-order valence-electron chi connectivity index (χ1n) is 5.94. The Bertz CT molecular complexity index is 190. The second-order valence-electron chi connectivity index (χ2n) is 4.42. The smallest absolute Gasteiger partial charge is 0.389 e. The van der Waals surface area contributed by atoms with Crippen molar-refractivity contribution in [1.82, 2.24) is 4.90 Å². The number of aliphatic hydroxyl groups excluding tert-OH is 1. The highest BCUT2D eigenvalue weighted by Gasteiger charge is 2.28. The maximum absolute atomic E-state index is 12.0. The minimum absolute atomic E-state index is 0.0303. The lowest BCUT2D eigenvalue weighted by Gasteiger charge is -2.28. The molecule has 0 saturated heterocycles. The van der Waals surface area contributed by atoms with Gasteiger partial charge in [0.25, 0.3) is 0 Å². The molecule has 96 valence electrons. The highest BCUT2D eigenvalue weighted by molar-refractivity contribution is 4.77. The van der Waals surface area contributed by atoms with Crippen LogP contribution in [0.3, 0.4) is 0 Å². The van der Waals surface area contributed by atoms with Crippen LogP contribution in [0.15, 0.2) is 0 Å². The molecular weight excluding hydrogens is 219 g/mol. The summed E-state index contributed by atoms with van der Waals surface area (Å²) in [7, 11) is 0. The van der Waals surface area contributed by atoms with Crippen molar-refractivity contribution >= 4 is 0 Å². The normalized spacial score (nSPS) is 18.6. The van der Waals surface area contributed by atoms with Crippen molar-refractivity contribution < 1.29 is 18.3 Å².